The molecule has 1 fully saturated rings. The largest absolute Gasteiger partial charge is 0.362 e. The highest BCUT2D eigenvalue weighted by Crippen LogP contribution is 2.30. The highest BCUT2D eigenvalue weighted by molar-refractivity contribution is 5.94. The van der Waals surface area contributed by atoms with Crippen molar-refractivity contribution >= 4 is 17.7 Å². The maximum absolute atomic E-state index is 12.7. The van der Waals surface area contributed by atoms with Crippen LogP contribution in [0.2, 0.25) is 0 Å². The lowest BCUT2D eigenvalue weighted by Crippen LogP contribution is -2.34. The van der Waals surface area contributed by atoms with Gasteiger partial charge in [0.15, 0.2) is 0 Å². The van der Waals surface area contributed by atoms with Gasteiger partial charge in [0.05, 0.1) is 5.69 Å². The Bertz CT molecular complexity index is 1170. The molecule has 2 aliphatic carbocycles. The molecule has 0 atom stereocenters. The predicted molar refractivity (Wildman–Crippen MR) is 147 cm³/mol. The first-order valence-electron chi connectivity index (χ1n) is 13.3. The molecule has 1 aromatic heterocycles. The van der Waals surface area contributed by atoms with Crippen molar-refractivity contribution < 1.29 is 4.79 Å². The second kappa shape index (κ2) is 11.1. The van der Waals surface area contributed by atoms with E-state index in [-0.39, 0.29) is 5.91 Å². The summed E-state index contributed by atoms with van der Waals surface area (Å²) in [6.45, 7) is 0.728. The lowest BCUT2D eigenvalue weighted by atomic mass is 9.86. The summed E-state index contributed by atoms with van der Waals surface area (Å²) in [6.07, 6.45) is 8.90. The minimum absolute atomic E-state index is 0.00790. The van der Waals surface area contributed by atoms with Gasteiger partial charge in [0.25, 0.3) is 5.91 Å². The fourth-order valence-corrected chi connectivity index (χ4v) is 5.49. The summed E-state index contributed by atoms with van der Waals surface area (Å²) in [5.74, 6) is 2.36. The molecule has 1 amide bonds. The smallest absolute Gasteiger partial charge is 0.251 e. The van der Waals surface area contributed by atoms with E-state index < -0.39 is 0 Å². The molecule has 0 aliphatic heterocycles. The van der Waals surface area contributed by atoms with Crippen molar-refractivity contribution in [1.29, 1.82) is 0 Å². The molecule has 36 heavy (non-hydrogen) atoms. The first kappa shape index (κ1) is 24.3. The summed E-state index contributed by atoms with van der Waals surface area (Å²) in [5.41, 5.74) is 5.54. The SMILES string of the molecule is CN(C)c1nc(NC2CCC(CNC(=O)c3ccc(-c4ccccc4)cc3)CC2)nc2c1CCCC2. The van der Waals surface area contributed by atoms with Gasteiger partial charge in [-0.25, -0.2) is 4.98 Å². The molecule has 5 rings (SSSR count). The number of anilines is 2. The van der Waals surface area contributed by atoms with Gasteiger partial charge >= 0.3 is 0 Å². The third-order valence-corrected chi connectivity index (χ3v) is 7.57. The fraction of sp³-hybridized carbons (Fsp3) is 0.433. The van der Waals surface area contributed by atoms with Crippen molar-refractivity contribution in [3.63, 3.8) is 0 Å². The minimum Gasteiger partial charge on any atom is -0.362 e. The van der Waals surface area contributed by atoms with E-state index in [9.17, 15) is 4.79 Å². The minimum atomic E-state index is 0.00790. The number of nitrogens with one attached hydrogen (secondary N) is 2. The standard InChI is InChI=1S/C30H37N5O/c1-35(2)28-26-10-6-7-11-27(26)33-30(34-28)32-25-18-12-21(13-19-25)20-31-29(36)24-16-14-23(15-17-24)22-8-4-3-5-9-22/h3-5,8-9,14-17,21,25H,6-7,10-13,18-20H2,1-2H3,(H,31,36)(H,32,33,34). The molecular formula is C30H37N5O. The van der Waals surface area contributed by atoms with Gasteiger partial charge in [0.2, 0.25) is 5.95 Å². The summed E-state index contributed by atoms with van der Waals surface area (Å²) in [7, 11) is 4.14. The zero-order valence-electron chi connectivity index (χ0n) is 21.5. The van der Waals surface area contributed by atoms with Crippen molar-refractivity contribution in [2.24, 2.45) is 5.92 Å². The highest BCUT2D eigenvalue weighted by Gasteiger charge is 2.24. The molecule has 6 heteroatoms. The van der Waals surface area contributed by atoms with Crippen molar-refractivity contribution in [3.05, 3.63) is 71.4 Å². The van der Waals surface area contributed by atoms with Crippen LogP contribution in [0.4, 0.5) is 11.8 Å². The molecular weight excluding hydrogens is 446 g/mol. The van der Waals surface area contributed by atoms with Gasteiger partial charge in [-0.1, -0.05) is 42.5 Å². The molecule has 1 saturated carbocycles. The molecule has 1 heterocycles. The highest BCUT2D eigenvalue weighted by atomic mass is 16.1. The molecule has 3 aromatic rings. The Kier molecular flexibility index (Phi) is 7.49. The Morgan fingerprint density at radius 2 is 1.58 bits per heavy atom. The normalized spacial score (nSPS) is 19.3. The maximum Gasteiger partial charge on any atom is 0.251 e. The number of nitrogens with zero attached hydrogens (tertiary/aromatic N) is 3. The molecule has 0 bridgehead atoms. The summed E-state index contributed by atoms with van der Waals surface area (Å²) in [5, 5.41) is 6.78. The van der Waals surface area contributed by atoms with Gasteiger partial charge < -0.3 is 15.5 Å². The van der Waals surface area contributed by atoms with Gasteiger partial charge in [-0.15, -0.1) is 0 Å². The van der Waals surface area contributed by atoms with Crippen LogP contribution < -0.4 is 15.5 Å². The molecule has 0 radical (unpaired) electrons. The number of fused-ring (bicyclic) bond motifs is 1. The van der Waals surface area contributed by atoms with Crippen LogP contribution >= 0.6 is 0 Å². The Hall–Kier alpha value is -3.41. The quantitative estimate of drug-likeness (QED) is 0.465. The van der Waals surface area contributed by atoms with E-state index in [1.54, 1.807) is 0 Å². The monoisotopic (exact) mass is 483 g/mol. The molecule has 2 N–H and O–H groups in total. The van der Waals surface area contributed by atoms with Crippen LogP contribution in [0.25, 0.3) is 11.1 Å². The molecule has 0 spiro atoms. The first-order chi connectivity index (χ1) is 17.6. The van der Waals surface area contributed by atoms with Crippen molar-refractivity contribution in [1.82, 2.24) is 15.3 Å². The lowest BCUT2D eigenvalue weighted by molar-refractivity contribution is 0.0943. The fourth-order valence-electron chi connectivity index (χ4n) is 5.49. The summed E-state index contributed by atoms with van der Waals surface area (Å²) < 4.78 is 0. The molecule has 0 unspecified atom stereocenters. The number of rotatable bonds is 7. The lowest BCUT2D eigenvalue weighted by Gasteiger charge is -2.30. The van der Waals surface area contributed by atoms with E-state index in [1.165, 1.54) is 24.1 Å². The zero-order chi connectivity index (χ0) is 24.9. The van der Waals surface area contributed by atoms with Gasteiger partial charge in [-0.3, -0.25) is 4.79 Å². The number of carbonyl (C=O) groups is 1. The van der Waals surface area contributed by atoms with Crippen LogP contribution in [0, 0.1) is 5.92 Å². The van der Waals surface area contributed by atoms with Gasteiger partial charge in [0.1, 0.15) is 5.82 Å². The van der Waals surface area contributed by atoms with E-state index in [0.29, 0.717) is 17.5 Å². The van der Waals surface area contributed by atoms with E-state index in [2.05, 4.69) is 41.8 Å². The summed E-state index contributed by atoms with van der Waals surface area (Å²) in [6, 6.07) is 18.5. The van der Waals surface area contributed by atoms with Crippen LogP contribution in [0.3, 0.4) is 0 Å². The van der Waals surface area contributed by atoms with Gasteiger partial charge in [0, 0.05) is 37.8 Å². The Morgan fingerprint density at radius 3 is 2.31 bits per heavy atom. The van der Waals surface area contributed by atoms with Gasteiger partial charge in [-0.2, -0.15) is 4.98 Å². The average Bonchev–Trinajstić information content (AvgIpc) is 2.92. The third kappa shape index (κ3) is 5.69. The van der Waals surface area contributed by atoms with Crippen LogP contribution in [0.1, 0.15) is 60.1 Å². The third-order valence-electron chi connectivity index (χ3n) is 7.57. The second-order valence-electron chi connectivity index (χ2n) is 10.4. The molecule has 2 aromatic carbocycles. The van der Waals surface area contributed by atoms with Crippen LogP contribution in [-0.4, -0.2) is 42.6 Å². The van der Waals surface area contributed by atoms with Crippen LogP contribution in [-0.2, 0) is 12.8 Å². The molecule has 0 saturated heterocycles. The number of amides is 1. The van der Waals surface area contributed by atoms with Crippen molar-refractivity contribution in [2.75, 3.05) is 30.9 Å². The van der Waals surface area contributed by atoms with E-state index >= 15 is 0 Å². The van der Waals surface area contributed by atoms with Gasteiger partial charge in [-0.05, 0) is 80.5 Å². The predicted octanol–water partition coefficient (Wildman–Crippen LogP) is 5.49. The first-order valence-corrected chi connectivity index (χ1v) is 13.3. The number of hydrogen-bond donors (Lipinski definition) is 2. The van der Waals surface area contributed by atoms with Crippen LogP contribution in [0.5, 0.6) is 0 Å². The molecule has 6 nitrogen and oxygen atoms in total. The van der Waals surface area contributed by atoms with E-state index in [0.717, 1.165) is 68.0 Å². The number of aromatic nitrogens is 2. The number of benzene rings is 2. The van der Waals surface area contributed by atoms with Crippen LogP contribution in [0.15, 0.2) is 54.6 Å². The Morgan fingerprint density at radius 1 is 0.889 bits per heavy atom. The van der Waals surface area contributed by atoms with E-state index in [4.69, 9.17) is 9.97 Å². The Balaban J connectivity index is 1.11. The Labute approximate surface area is 214 Å². The summed E-state index contributed by atoms with van der Waals surface area (Å²) >= 11 is 0. The molecule has 188 valence electrons. The zero-order valence-corrected chi connectivity index (χ0v) is 21.5. The maximum atomic E-state index is 12.7. The number of hydrogen-bond acceptors (Lipinski definition) is 5. The second-order valence-corrected chi connectivity index (χ2v) is 10.4. The topological polar surface area (TPSA) is 70.2 Å². The average molecular weight is 484 g/mol. The molecule has 2 aliphatic rings. The van der Waals surface area contributed by atoms with Crippen molar-refractivity contribution in [2.45, 2.75) is 57.4 Å². The summed E-state index contributed by atoms with van der Waals surface area (Å²) in [4.78, 5) is 24.6. The number of aryl methyl sites for hydroxylation is 1. The number of carbonyl (C=O) groups excluding carboxylic acids is 1. The van der Waals surface area contributed by atoms with E-state index in [1.807, 2.05) is 42.5 Å². The van der Waals surface area contributed by atoms with Crippen molar-refractivity contribution in [3.8, 4) is 11.1 Å².